The van der Waals surface area contributed by atoms with Crippen molar-refractivity contribution in [3.8, 4) is 5.75 Å². The van der Waals surface area contributed by atoms with E-state index < -0.39 is 11.7 Å². The summed E-state index contributed by atoms with van der Waals surface area (Å²) in [6.45, 7) is 2.96. The van der Waals surface area contributed by atoms with Gasteiger partial charge in [0.05, 0.1) is 25.8 Å². The van der Waals surface area contributed by atoms with E-state index in [1.54, 1.807) is 7.11 Å². The number of nitrogens with zero attached hydrogens (tertiary/aromatic N) is 4. The maximum atomic E-state index is 12.8. The highest BCUT2D eigenvalue weighted by atomic mass is 127. The van der Waals surface area contributed by atoms with Gasteiger partial charge in [0.15, 0.2) is 11.8 Å². The van der Waals surface area contributed by atoms with E-state index >= 15 is 0 Å². The van der Waals surface area contributed by atoms with E-state index in [0.717, 1.165) is 35.1 Å². The van der Waals surface area contributed by atoms with Crippen molar-refractivity contribution in [2.75, 3.05) is 7.11 Å². The normalized spacial score (nSPS) is 11.6. The Hall–Kier alpha value is -2.83. The Morgan fingerprint density at radius 3 is 2.12 bits per heavy atom. The predicted molar refractivity (Wildman–Crippen MR) is 130 cm³/mol. The number of guanidine groups is 1. The Morgan fingerprint density at radius 2 is 1.58 bits per heavy atom. The molecule has 2 aromatic carbocycles. The molecule has 3 rings (SSSR count). The van der Waals surface area contributed by atoms with Crippen LogP contribution in [0.4, 0.5) is 13.2 Å². The molecule has 7 nitrogen and oxygen atoms in total. The van der Waals surface area contributed by atoms with Crippen LogP contribution in [-0.4, -0.2) is 27.8 Å². The standard InChI is InChI=1S/C22H25F3N6O.HI/c1-15-29-30-20(31(15)2)14-28-21(27-13-17-6-10-19(32-3)11-7-17)26-12-16-4-8-18(9-5-16)22(23,24)25;/h4-11H,12-14H2,1-3H3,(H2,26,27,28);1H. The fourth-order valence-corrected chi connectivity index (χ4v) is 2.84. The van der Waals surface area contributed by atoms with Crippen LogP contribution >= 0.6 is 24.0 Å². The van der Waals surface area contributed by atoms with Gasteiger partial charge in [0, 0.05) is 13.6 Å². The van der Waals surface area contributed by atoms with Crippen molar-refractivity contribution in [1.82, 2.24) is 25.4 Å². The van der Waals surface area contributed by atoms with Crippen molar-refractivity contribution in [2.45, 2.75) is 32.7 Å². The number of halogens is 4. The number of nitrogens with one attached hydrogen (secondary N) is 2. The van der Waals surface area contributed by atoms with E-state index in [1.165, 1.54) is 12.1 Å². The summed E-state index contributed by atoms with van der Waals surface area (Å²) in [4.78, 5) is 4.59. The van der Waals surface area contributed by atoms with Crippen molar-refractivity contribution >= 4 is 29.9 Å². The zero-order valence-electron chi connectivity index (χ0n) is 18.5. The van der Waals surface area contributed by atoms with Gasteiger partial charge in [-0.25, -0.2) is 4.99 Å². The SMILES string of the molecule is COc1ccc(CN=C(NCc2ccc(C(F)(F)F)cc2)NCc2nnc(C)n2C)cc1.I. The summed E-state index contributed by atoms with van der Waals surface area (Å²) in [7, 11) is 3.48. The minimum atomic E-state index is -4.35. The molecule has 0 aliphatic rings. The first-order valence-corrected chi connectivity index (χ1v) is 9.92. The molecule has 33 heavy (non-hydrogen) atoms. The molecule has 11 heteroatoms. The van der Waals surface area contributed by atoms with Crippen molar-refractivity contribution < 1.29 is 17.9 Å². The number of alkyl halides is 3. The lowest BCUT2D eigenvalue weighted by atomic mass is 10.1. The fourth-order valence-electron chi connectivity index (χ4n) is 2.84. The number of benzene rings is 2. The molecule has 0 spiro atoms. The number of ether oxygens (including phenoxy) is 1. The molecule has 0 fully saturated rings. The Bertz CT molecular complexity index is 1050. The lowest BCUT2D eigenvalue weighted by Crippen LogP contribution is -2.37. The van der Waals surface area contributed by atoms with Gasteiger partial charge in [-0.3, -0.25) is 0 Å². The second-order valence-electron chi connectivity index (χ2n) is 7.14. The Morgan fingerprint density at radius 1 is 0.970 bits per heavy atom. The summed E-state index contributed by atoms with van der Waals surface area (Å²) >= 11 is 0. The van der Waals surface area contributed by atoms with Gasteiger partial charge >= 0.3 is 6.18 Å². The van der Waals surface area contributed by atoms with Crippen molar-refractivity contribution in [2.24, 2.45) is 12.0 Å². The number of methoxy groups -OCH3 is 1. The summed E-state index contributed by atoms with van der Waals surface area (Å²) in [5.74, 6) is 2.78. The molecule has 3 aromatic rings. The highest BCUT2D eigenvalue weighted by Gasteiger charge is 2.29. The molecular formula is C22H26F3IN6O. The first-order valence-electron chi connectivity index (χ1n) is 9.92. The van der Waals surface area contributed by atoms with E-state index in [9.17, 15) is 13.2 Å². The molecule has 0 radical (unpaired) electrons. The molecule has 178 valence electrons. The second kappa shape index (κ2) is 11.9. The summed E-state index contributed by atoms with van der Waals surface area (Å²) in [6.07, 6.45) is -4.35. The number of aryl methyl sites for hydroxylation is 1. The number of hydrogen-bond acceptors (Lipinski definition) is 4. The van der Waals surface area contributed by atoms with Crippen LogP contribution in [0, 0.1) is 6.92 Å². The monoisotopic (exact) mass is 574 g/mol. The Balaban J connectivity index is 0.00000385. The fraction of sp³-hybridized carbons (Fsp3) is 0.318. The van der Waals surface area contributed by atoms with Gasteiger partial charge in [-0.1, -0.05) is 24.3 Å². The molecular weight excluding hydrogens is 548 g/mol. The largest absolute Gasteiger partial charge is 0.497 e. The number of rotatable bonds is 7. The third-order valence-corrected chi connectivity index (χ3v) is 4.92. The topological polar surface area (TPSA) is 76.4 Å². The van der Waals surface area contributed by atoms with Gasteiger partial charge in [0.25, 0.3) is 0 Å². The zero-order valence-corrected chi connectivity index (χ0v) is 20.8. The summed E-state index contributed by atoms with van der Waals surface area (Å²) in [5.41, 5.74) is 1.01. The summed E-state index contributed by atoms with van der Waals surface area (Å²) < 4.78 is 45.4. The first kappa shape index (κ1) is 26.4. The third-order valence-electron chi connectivity index (χ3n) is 4.92. The molecule has 0 aliphatic carbocycles. The van der Waals surface area contributed by atoms with Crippen LogP contribution in [0.3, 0.4) is 0 Å². The number of aliphatic imine (C=N–C) groups is 1. The first-order chi connectivity index (χ1) is 15.3. The Kier molecular flexibility index (Phi) is 9.50. The average Bonchev–Trinajstić information content (AvgIpc) is 3.11. The molecule has 2 N–H and O–H groups in total. The lowest BCUT2D eigenvalue weighted by molar-refractivity contribution is -0.137. The molecule has 1 heterocycles. The predicted octanol–water partition coefficient (Wildman–Crippen LogP) is 4.20. The molecule has 0 amide bonds. The summed E-state index contributed by atoms with van der Waals surface area (Å²) in [6, 6.07) is 12.6. The lowest BCUT2D eigenvalue weighted by Gasteiger charge is -2.13. The van der Waals surface area contributed by atoms with E-state index in [-0.39, 0.29) is 24.0 Å². The van der Waals surface area contributed by atoms with Crippen LogP contribution in [0.2, 0.25) is 0 Å². The quantitative estimate of drug-likeness (QED) is 0.252. The highest BCUT2D eigenvalue weighted by molar-refractivity contribution is 14.0. The number of hydrogen-bond donors (Lipinski definition) is 2. The van der Waals surface area contributed by atoms with Crippen molar-refractivity contribution in [3.63, 3.8) is 0 Å². The van der Waals surface area contributed by atoms with Crippen LogP contribution in [0.25, 0.3) is 0 Å². The molecule has 0 aliphatic heterocycles. The molecule has 1 aromatic heterocycles. The second-order valence-corrected chi connectivity index (χ2v) is 7.14. The van der Waals surface area contributed by atoms with Gasteiger partial charge in [0.1, 0.15) is 11.6 Å². The van der Waals surface area contributed by atoms with Crippen LogP contribution in [0.15, 0.2) is 53.5 Å². The summed E-state index contributed by atoms with van der Waals surface area (Å²) in [5, 5.41) is 14.5. The Labute approximate surface area is 207 Å². The van der Waals surface area contributed by atoms with Crippen LogP contribution in [0.5, 0.6) is 5.75 Å². The van der Waals surface area contributed by atoms with E-state index in [0.29, 0.717) is 31.2 Å². The minimum Gasteiger partial charge on any atom is -0.497 e. The third kappa shape index (κ3) is 7.62. The molecule has 0 unspecified atom stereocenters. The van der Waals surface area contributed by atoms with Crippen LogP contribution < -0.4 is 15.4 Å². The van der Waals surface area contributed by atoms with Crippen molar-refractivity contribution in [1.29, 1.82) is 0 Å². The van der Waals surface area contributed by atoms with Crippen LogP contribution in [0.1, 0.15) is 28.3 Å². The maximum Gasteiger partial charge on any atom is 0.416 e. The molecule has 0 atom stereocenters. The molecule has 0 bridgehead atoms. The van der Waals surface area contributed by atoms with Gasteiger partial charge in [-0.15, -0.1) is 34.2 Å². The molecule has 0 saturated carbocycles. The van der Waals surface area contributed by atoms with E-state index in [2.05, 4.69) is 25.8 Å². The van der Waals surface area contributed by atoms with Crippen molar-refractivity contribution in [3.05, 3.63) is 76.9 Å². The molecule has 0 saturated heterocycles. The van der Waals surface area contributed by atoms with Gasteiger partial charge < -0.3 is 19.9 Å². The number of aromatic nitrogens is 3. The minimum absolute atomic E-state index is 0. The average molecular weight is 574 g/mol. The van der Waals surface area contributed by atoms with E-state index in [1.807, 2.05) is 42.8 Å². The highest BCUT2D eigenvalue weighted by Crippen LogP contribution is 2.29. The smallest absolute Gasteiger partial charge is 0.416 e. The maximum absolute atomic E-state index is 12.8. The van der Waals surface area contributed by atoms with Crippen LogP contribution in [-0.2, 0) is 32.9 Å². The van der Waals surface area contributed by atoms with E-state index in [4.69, 9.17) is 4.74 Å². The van der Waals surface area contributed by atoms with Gasteiger partial charge in [0.2, 0.25) is 0 Å². The van der Waals surface area contributed by atoms with Gasteiger partial charge in [-0.05, 0) is 42.3 Å². The van der Waals surface area contributed by atoms with Gasteiger partial charge in [-0.2, -0.15) is 13.2 Å². The zero-order chi connectivity index (χ0) is 23.1.